The molecule has 1 fully saturated rings. The Morgan fingerprint density at radius 1 is 1.04 bits per heavy atom. The monoisotopic (exact) mass is 340 g/mol. The number of carbonyl (C=O) groups excluding carboxylic acids is 1. The lowest BCUT2D eigenvalue weighted by molar-refractivity contribution is -0.114. The molecule has 3 rings (SSSR count). The van der Waals surface area contributed by atoms with Gasteiger partial charge in [-0.2, -0.15) is 0 Å². The van der Waals surface area contributed by atoms with Crippen molar-refractivity contribution in [1.82, 2.24) is 14.9 Å². The van der Waals surface area contributed by atoms with E-state index >= 15 is 0 Å². The van der Waals surface area contributed by atoms with Gasteiger partial charge in [-0.25, -0.2) is 9.97 Å². The van der Waals surface area contributed by atoms with Crippen LogP contribution in [0.2, 0.25) is 0 Å². The minimum Gasteiger partial charge on any atom is -0.354 e. The van der Waals surface area contributed by atoms with E-state index in [1.54, 1.807) is 0 Å². The van der Waals surface area contributed by atoms with E-state index in [0.29, 0.717) is 0 Å². The highest BCUT2D eigenvalue weighted by Gasteiger charge is 2.16. The van der Waals surface area contributed by atoms with Gasteiger partial charge < -0.3 is 20.4 Å². The molecule has 132 valence electrons. The molecule has 0 unspecified atom stereocenters. The Bertz CT molecular complexity index is 738. The summed E-state index contributed by atoms with van der Waals surface area (Å²) in [6.07, 6.45) is 0. The van der Waals surface area contributed by atoms with Crippen molar-refractivity contribution >= 4 is 28.9 Å². The van der Waals surface area contributed by atoms with Crippen molar-refractivity contribution in [3.63, 3.8) is 0 Å². The molecule has 0 radical (unpaired) electrons. The van der Waals surface area contributed by atoms with E-state index in [1.165, 1.54) is 6.92 Å². The zero-order valence-electron chi connectivity index (χ0n) is 14.9. The fourth-order valence-electron chi connectivity index (χ4n) is 2.80. The lowest BCUT2D eigenvalue weighted by atomic mass is 10.2. The molecular formula is C18H24N6O. The van der Waals surface area contributed by atoms with Gasteiger partial charge >= 0.3 is 0 Å². The van der Waals surface area contributed by atoms with E-state index in [1.807, 2.05) is 37.3 Å². The van der Waals surface area contributed by atoms with Crippen molar-refractivity contribution in [3.05, 3.63) is 36.2 Å². The lowest BCUT2D eigenvalue weighted by Gasteiger charge is -2.33. The molecule has 1 aliphatic heterocycles. The van der Waals surface area contributed by atoms with Crippen molar-refractivity contribution in [2.24, 2.45) is 0 Å². The van der Waals surface area contributed by atoms with Crippen LogP contribution in [0, 0.1) is 6.92 Å². The summed E-state index contributed by atoms with van der Waals surface area (Å²) in [5, 5.41) is 6.07. The third-order valence-corrected chi connectivity index (χ3v) is 4.13. The molecule has 0 bridgehead atoms. The molecule has 0 spiro atoms. The summed E-state index contributed by atoms with van der Waals surface area (Å²) >= 11 is 0. The Labute approximate surface area is 148 Å². The second-order valence-corrected chi connectivity index (χ2v) is 6.33. The fraction of sp³-hybridized carbons (Fsp3) is 0.389. The molecule has 2 aromatic rings. The highest BCUT2D eigenvalue weighted by molar-refractivity contribution is 5.88. The number of anilines is 4. The average Bonchev–Trinajstić information content (AvgIpc) is 2.56. The number of carbonyl (C=O) groups is 1. The minimum absolute atomic E-state index is 0.0797. The molecule has 0 aliphatic carbocycles. The summed E-state index contributed by atoms with van der Waals surface area (Å²) in [4.78, 5) is 24.8. The standard InChI is InChI=1S/C18H24N6O/c1-13-19-17(12-18(20-13)24-10-8-23(3)9-11-24)22-16-6-4-15(5-7-16)21-14(2)25/h4-7,12H,8-11H2,1-3H3,(H,21,25)(H,19,20,22). The van der Waals surface area contributed by atoms with Gasteiger partial charge in [0.05, 0.1) is 0 Å². The first-order valence-corrected chi connectivity index (χ1v) is 8.43. The molecular weight excluding hydrogens is 316 g/mol. The second-order valence-electron chi connectivity index (χ2n) is 6.33. The van der Waals surface area contributed by atoms with Crippen LogP contribution in [0.15, 0.2) is 30.3 Å². The zero-order valence-corrected chi connectivity index (χ0v) is 14.9. The summed E-state index contributed by atoms with van der Waals surface area (Å²) in [6.45, 7) is 7.42. The van der Waals surface area contributed by atoms with Gasteiger partial charge in [0.15, 0.2) is 0 Å². The van der Waals surface area contributed by atoms with Crippen LogP contribution in [0.5, 0.6) is 0 Å². The quantitative estimate of drug-likeness (QED) is 0.889. The Hall–Kier alpha value is -2.67. The van der Waals surface area contributed by atoms with Crippen molar-refractivity contribution in [3.8, 4) is 0 Å². The number of rotatable bonds is 4. The van der Waals surface area contributed by atoms with Gasteiger partial charge in [-0.3, -0.25) is 4.79 Å². The van der Waals surface area contributed by atoms with Crippen molar-refractivity contribution in [2.75, 3.05) is 48.8 Å². The molecule has 1 amide bonds. The highest BCUT2D eigenvalue weighted by atomic mass is 16.1. The molecule has 1 aliphatic rings. The third-order valence-electron chi connectivity index (χ3n) is 4.13. The summed E-state index contributed by atoms with van der Waals surface area (Å²) < 4.78 is 0. The van der Waals surface area contributed by atoms with Crippen LogP contribution >= 0.6 is 0 Å². The van der Waals surface area contributed by atoms with Crippen LogP contribution in [-0.4, -0.2) is 54.0 Å². The van der Waals surface area contributed by atoms with Gasteiger partial charge in [-0.05, 0) is 38.2 Å². The van der Waals surface area contributed by atoms with E-state index in [0.717, 1.165) is 55.0 Å². The first kappa shape index (κ1) is 17.2. The summed E-state index contributed by atoms with van der Waals surface area (Å²) in [7, 11) is 2.14. The Kier molecular flexibility index (Phi) is 5.14. The Balaban J connectivity index is 1.73. The number of aromatic nitrogens is 2. The molecule has 1 aromatic carbocycles. The molecule has 1 saturated heterocycles. The van der Waals surface area contributed by atoms with Gasteiger partial charge in [0, 0.05) is 50.5 Å². The van der Waals surface area contributed by atoms with Crippen molar-refractivity contribution in [1.29, 1.82) is 0 Å². The van der Waals surface area contributed by atoms with E-state index < -0.39 is 0 Å². The van der Waals surface area contributed by atoms with Crippen LogP contribution in [0.25, 0.3) is 0 Å². The topological polar surface area (TPSA) is 73.4 Å². The Morgan fingerprint density at radius 3 is 2.32 bits per heavy atom. The van der Waals surface area contributed by atoms with E-state index in [9.17, 15) is 4.79 Å². The number of hydrogen-bond donors (Lipinski definition) is 2. The third kappa shape index (κ3) is 4.67. The number of benzene rings is 1. The smallest absolute Gasteiger partial charge is 0.221 e. The number of hydrogen-bond acceptors (Lipinski definition) is 6. The van der Waals surface area contributed by atoms with E-state index in [4.69, 9.17) is 0 Å². The summed E-state index contributed by atoms with van der Waals surface area (Å²) in [5.41, 5.74) is 1.69. The first-order chi connectivity index (χ1) is 12.0. The highest BCUT2D eigenvalue weighted by Crippen LogP contribution is 2.22. The van der Waals surface area contributed by atoms with Crippen molar-refractivity contribution < 1.29 is 4.79 Å². The van der Waals surface area contributed by atoms with Crippen LogP contribution in [0.1, 0.15) is 12.7 Å². The zero-order chi connectivity index (χ0) is 17.8. The maximum Gasteiger partial charge on any atom is 0.221 e. The van der Waals surface area contributed by atoms with Crippen LogP contribution < -0.4 is 15.5 Å². The van der Waals surface area contributed by atoms with Gasteiger partial charge in [0.25, 0.3) is 0 Å². The lowest BCUT2D eigenvalue weighted by Crippen LogP contribution is -2.44. The largest absolute Gasteiger partial charge is 0.354 e. The predicted molar refractivity (Wildman–Crippen MR) is 101 cm³/mol. The van der Waals surface area contributed by atoms with Crippen molar-refractivity contribution in [2.45, 2.75) is 13.8 Å². The first-order valence-electron chi connectivity index (χ1n) is 8.43. The molecule has 0 atom stereocenters. The SMILES string of the molecule is CC(=O)Nc1ccc(Nc2cc(N3CCN(C)CC3)nc(C)n2)cc1. The minimum atomic E-state index is -0.0797. The molecule has 7 heteroatoms. The second kappa shape index (κ2) is 7.48. The van der Waals surface area contributed by atoms with Crippen LogP contribution in [-0.2, 0) is 4.79 Å². The molecule has 2 heterocycles. The van der Waals surface area contributed by atoms with E-state index in [2.05, 4.69) is 37.4 Å². The number of likely N-dealkylation sites (N-methyl/N-ethyl adjacent to an activating group) is 1. The van der Waals surface area contributed by atoms with E-state index in [-0.39, 0.29) is 5.91 Å². The number of nitrogens with zero attached hydrogens (tertiary/aromatic N) is 4. The average molecular weight is 340 g/mol. The molecule has 7 nitrogen and oxygen atoms in total. The number of aryl methyl sites for hydroxylation is 1. The van der Waals surface area contributed by atoms with Crippen LogP contribution in [0.3, 0.4) is 0 Å². The summed E-state index contributed by atoms with van der Waals surface area (Å²) in [5.74, 6) is 2.39. The van der Waals surface area contributed by atoms with Gasteiger partial charge in [0.1, 0.15) is 17.5 Å². The van der Waals surface area contributed by atoms with Gasteiger partial charge in [-0.1, -0.05) is 0 Å². The summed E-state index contributed by atoms with van der Waals surface area (Å²) in [6, 6.07) is 9.54. The van der Waals surface area contributed by atoms with Crippen LogP contribution in [0.4, 0.5) is 23.0 Å². The number of piperazine rings is 1. The maximum atomic E-state index is 11.1. The number of amides is 1. The fourth-order valence-corrected chi connectivity index (χ4v) is 2.80. The molecule has 25 heavy (non-hydrogen) atoms. The molecule has 2 N–H and O–H groups in total. The number of nitrogens with one attached hydrogen (secondary N) is 2. The predicted octanol–water partition coefficient (Wildman–Crippen LogP) is 2.24. The maximum absolute atomic E-state index is 11.1. The molecule has 0 saturated carbocycles. The van der Waals surface area contributed by atoms with Gasteiger partial charge in [-0.15, -0.1) is 0 Å². The van der Waals surface area contributed by atoms with Gasteiger partial charge in [0.2, 0.25) is 5.91 Å². The Morgan fingerprint density at radius 2 is 1.68 bits per heavy atom. The normalized spacial score (nSPS) is 15.1. The molecule has 1 aromatic heterocycles.